The summed E-state index contributed by atoms with van der Waals surface area (Å²) in [5, 5.41) is 0. The van der Waals surface area contributed by atoms with Crippen LogP contribution in [0, 0.1) is 45.3 Å². The number of hydrogen-bond acceptors (Lipinski definition) is 4. The maximum atomic E-state index is 12.9. The van der Waals surface area contributed by atoms with E-state index in [4.69, 9.17) is 9.47 Å². The van der Waals surface area contributed by atoms with Crippen molar-refractivity contribution >= 4 is 11.8 Å². The fourth-order valence-corrected chi connectivity index (χ4v) is 11.3. The quantitative estimate of drug-likeness (QED) is 0.376. The molecule has 4 saturated carbocycles. The molecular formula is C32H52O4. The molecule has 0 bridgehead atoms. The van der Waals surface area contributed by atoms with Crippen molar-refractivity contribution in [1.29, 1.82) is 0 Å². The molecule has 9 unspecified atom stereocenters. The number of hydrogen-bond donors (Lipinski definition) is 0. The van der Waals surface area contributed by atoms with Gasteiger partial charge in [-0.25, -0.2) is 0 Å². The van der Waals surface area contributed by atoms with Crippen molar-refractivity contribution in [2.45, 2.75) is 144 Å². The van der Waals surface area contributed by atoms with Crippen molar-refractivity contribution < 1.29 is 19.1 Å². The van der Waals surface area contributed by atoms with E-state index in [0.29, 0.717) is 40.3 Å². The van der Waals surface area contributed by atoms with E-state index in [2.05, 4.69) is 41.5 Å². The molecule has 0 aromatic heterocycles. The first-order chi connectivity index (χ1) is 16.5. The van der Waals surface area contributed by atoms with Gasteiger partial charge in [0.2, 0.25) is 0 Å². The summed E-state index contributed by atoms with van der Waals surface area (Å²) in [5.41, 5.74) is -0.0161. The second-order valence-corrected chi connectivity index (χ2v) is 15.6. The maximum absolute atomic E-state index is 12.9. The fraction of sp³-hybridized carbons (Fsp3) is 0.938. The van der Waals surface area contributed by atoms with Gasteiger partial charge in [0.25, 0.3) is 0 Å². The van der Waals surface area contributed by atoms with Crippen LogP contribution < -0.4 is 0 Å². The van der Waals surface area contributed by atoms with E-state index >= 15 is 0 Å². The van der Waals surface area contributed by atoms with Crippen molar-refractivity contribution in [1.82, 2.24) is 0 Å². The first kappa shape index (κ1) is 26.7. The van der Waals surface area contributed by atoms with Crippen LogP contribution in [0.25, 0.3) is 0 Å². The normalized spacial score (nSPS) is 50.2. The molecular weight excluding hydrogens is 448 g/mol. The van der Waals surface area contributed by atoms with E-state index in [-0.39, 0.29) is 28.5 Å². The van der Waals surface area contributed by atoms with E-state index < -0.39 is 5.60 Å². The summed E-state index contributed by atoms with van der Waals surface area (Å²) in [5.74, 6) is 2.72. The van der Waals surface area contributed by atoms with Crippen LogP contribution in [0.3, 0.4) is 0 Å². The smallest absolute Gasteiger partial charge is 0.303 e. The molecule has 0 aromatic carbocycles. The average molecular weight is 501 g/mol. The van der Waals surface area contributed by atoms with E-state index in [9.17, 15) is 9.59 Å². The summed E-state index contributed by atoms with van der Waals surface area (Å²) >= 11 is 0. The summed E-state index contributed by atoms with van der Waals surface area (Å²) in [4.78, 5) is 24.7. The van der Waals surface area contributed by atoms with Crippen LogP contribution in [-0.2, 0) is 19.1 Å². The lowest BCUT2D eigenvalue weighted by atomic mass is 9.35. The molecule has 5 rings (SSSR count). The number of carbonyl (C=O) groups is 2. The molecule has 204 valence electrons. The molecule has 9 atom stereocenters. The lowest BCUT2D eigenvalue weighted by molar-refractivity contribution is -0.211. The molecule has 1 heterocycles. The minimum absolute atomic E-state index is 0.0402. The molecule has 0 amide bonds. The molecule has 4 heteroatoms. The van der Waals surface area contributed by atoms with E-state index in [1.54, 1.807) is 0 Å². The van der Waals surface area contributed by atoms with E-state index in [1.807, 2.05) is 13.8 Å². The predicted molar refractivity (Wildman–Crippen MR) is 142 cm³/mol. The van der Waals surface area contributed by atoms with Gasteiger partial charge in [0.15, 0.2) is 0 Å². The Morgan fingerprint density at radius 3 is 2.17 bits per heavy atom. The highest BCUT2D eigenvalue weighted by molar-refractivity contribution is 5.85. The molecule has 0 N–H and O–H groups in total. The van der Waals surface area contributed by atoms with Gasteiger partial charge in [0, 0.05) is 18.8 Å². The van der Waals surface area contributed by atoms with Crippen molar-refractivity contribution in [3.63, 3.8) is 0 Å². The monoisotopic (exact) mass is 500 g/mol. The number of fused-ring (bicyclic) bond motifs is 5. The molecule has 0 aromatic rings. The van der Waals surface area contributed by atoms with E-state index in [1.165, 1.54) is 45.4 Å². The van der Waals surface area contributed by atoms with Gasteiger partial charge in [-0.05, 0) is 118 Å². The number of ketones is 1. The highest BCUT2D eigenvalue weighted by Crippen LogP contribution is 2.75. The average Bonchev–Trinajstić information content (AvgIpc) is 3.33. The third kappa shape index (κ3) is 3.47. The second kappa shape index (κ2) is 8.06. The molecule has 36 heavy (non-hydrogen) atoms. The Balaban J connectivity index is 1.40. The van der Waals surface area contributed by atoms with Crippen LogP contribution >= 0.6 is 0 Å². The highest BCUT2D eigenvalue weighted by Gasteiger charge is 2.70. The van der Waals surface area contributed by atoms with Crippen LogP contribution in [0.4, 0.5) is 0 Å². The first-order valence-corrected chi connectivity index (χ1v) is 14.9. The van der Waals surface area contributed by atoms with E-state index in [0.717, 1.165) is 25.7 Å². The molecule has 5 fully saturated rings. The molecule has 0 spiro atoms. The minimum atomic E-state index is -0.590. The third-order valence-corrected chi connectivity index (χ3v) is 13.4. The second-order valence-electron chi connectivity index (χ2n) is 15.6. The molecule has 4 nitrogen and oxygen atoms in total. The van der Waals surface area contributed by atoms with Gasteiger partial charge < -0.3 is 9.47 Å². The van der Waals surface area contributed by atoms with Crippen LogP contribution in [-0.4, -0.2) is 29.1 Å². The SMILES string of the molecule is CC(=O)OC(C)(C)C1CCC(C)(C2CCC3(C)C2CCC2C4(C)CCC(=O)C(C)(C)C4CCC23C)O1. The Hall–Kier alpha value is -0.900. The summed E-state index contributed by atoms with van der Waals surface area (Å²) < 4.78 is 12.6. The number of esters is 1. The number of Topliss-reactive ketones (excluding diaryl/α,β-unsaturated/α-hetero) is 1. The van der Waals surface area contributed by atoms with Crippen molar-refractivity contribution in [2.75, 3.05) is 0 Å². The van der Waals surface area contributed by atoms with Gasteiger partial charge in [-0.2, -0.15) is 0 Å². The third-order valence-electron chi connectivity index (χ3n) is 13.4. The van der Waals surface area contributed by atoms with Gasteiger partial charge in [-0.3, -0.25) is 9.59 Å². The Morgan fingerprint density at radius 2 is 1.50 bits per heavy atom. The number of carbonyl (C=O) groups excluding carboxylic acids is 2. The van der Waals surface area contributed by atoms with Crippen molar-refractivity contribution in [3.05, 3.63) is 0 Å². The molecule has 4 aliphatic carbocycles. The van der Waals surface area contributed by atoms with Crippen molar-refractivity contribution in [2.24, 2.45) is 45.3 Å². The zero-order valence-electron chi connectivity index (χ0n) is 24.6. The Bertz CT molecular complexity index is 936. The number of rotatable bonds is 3. The highest BCUT2D eigenvalue weighted by atomic mass is 16.6. The summed E-state index contributed by atoms with van der Waals surface area (Å²) in [6, 6.07) is 0. The zero-order chi connectivity index (χ0) is 26.5. The summed E-state index contributed by atoms with van der Waals surface area (Å²) in [6.45, 7) is 20.2. The predicted octanol–water partition coefficient (Wildman–Crippen LogP) is 7.52. The number of ether oxygens (including phenoxy) is 2. The standard InChI is InChI=1S/C32H52O4/c1-20(33)35-28(4,5)26-15-19-32(9,36-26)22-12-17-30(7)21(22)10-11-24-29(6)16-14-25(34)27(2,3)23(29)13-18-31(24,30)8/h21-24,26H,10-19H2,1-9H3. The largest absolute Gasteiger partial charge is 0.457 e. The zero-order valence-corrected chi connectivity index (χ0v) is 24.6. The first-order valence-electron chi connectivity index (χ1n) is 14.9. The Morgan fingerprint density at radius 1 is 0.833 bits per heavy atom. The molecule has 5 aliphatic rings. The Labute approximate surface area is 220 Å². The van der Waals surface area contributed by atoms with Crippen LogP contribution in [0.2, 0.25) is 0 Å². The van der Waals surface area contributed by atoms with Crippen LogP contribution in [0.1, 0.15) is 127 Å². The molecule has 1 saturated heterocycles. The fourth-order valence-electron chi connectivity index (χ4n) is 11.3. The topological polar surface area (TPSA) is 52.6 Å². The van der Waals surface area contributed by atoms with Crippen LogP contribution in [0.5, 0.6) is 0 Å². The van der Waals surface area contributed by atoms with Gasteiger partial charge in [0.05, 0.1) is 11.7 Å². The van der Waals surface area contributed by atoms with Gasteiger partial charge in [-0.15, -0.1) is 0 Å². The van der Waals surface area contributed by atoms with Gasteiger partial charge in [0.1, 0.15) is 11.4 Å². The van der Waals surface area contributed by atoms with Gasteiger partial charge >= 0.3 is 5.97 Å². The minimum Gasteiger partial charge on any atom is -0.457 e. The summed E-state index contributed by atoms with van der Waals surface area (Å²) in [7, 11) is 0. The van der Waals surface area contributed by atoms with Crippen molar-refractivity contribution in [3.8, 4) is 0 Å². The maximum Gasteiger partial charge on any atom is 0.303 e. The molecule has 1 aliphatic heterocycles. The Kier molecular flexibility index (Phi) is 5.97. The molecule has 0 radical (unpaired) electrons. The lowest BCUT2D eigenvalue weighted by Gasteiger charge is -2.69. The van der Waals surface area contributed by atoms with Gasteiger partial charge in [-0.1, -0.05) is 34.6 Å². The summed E-state index contributed by atoms with van der Waals surface area (Å²) in [6.07, 6.45) is 11.4. The lowest BCUT2D eigenvalue weighted by Crippen LogP contribution is -2.63. The van der Waals surface area contributed by atoms with Crippen LogP contribution in [0.15, 0.2) is 0 Å².